The number of ketones is 1. The van der Waals surface area contributed by atoms with Gasteiger partial charge in [-0.25, -0.2) is 4.98 Å². The largest absolute Gasteiger partial charge is 0.491 e. The van der Waals surface area contributed by atoms with Crippen molar-refractivity contribution in [3.05, 3.63) is 53.7 Å². The summed E-state index contributed by atoms with van der Waals surface area (Å²) in [4.78, 5) is 19.2. The van der Waals surface area contributed by atoms with Crippen molar-refractivity contribution in [2.75, 3.05) is 44.2 Å². The van der Waals surface area contributed by atoms with Gasteiger partial charge in [-0.2, -0.15) is 13.2 Å². The van der Waals surface area contributed by atoms with E-state index in [1.165, 1.54) is 13.0 Å². The Morgan fingerprint density at radius 3 is 2.33 bits per heavy atom. The molecule has 162 valence electrons. The molecule has 0 saturated carbocycles. The first kappa shape index (κ1) is 22.0. The van der Waals surface area contributed by atoms with E-state index in [4.69, 9.17) is 4.74 Å². The van der Waals surface area contributed by atoms with Crippen LogP contribution >= 0.6 is 0 Å². The predicted molar refractivity (Wildman–Crippen MR) is 106 cm³/mol. The van der Waals surface area contributed by atoms with Crippen molar-refractivity contribution in [1.82, 2.24) is 9.88 Å². The number of aliphatic hydroxyl groups excluding tert-OH is 1. The van der Waals surface area contributed by atoms with E-state index in [9.17, 15) is 23.1 Å². The van der Waals surface area contributed by atoms with E-state index < -0.39 is 17.8 Å². The summed E-state index contributed by atoms with van der Waals surface area (Å²) in [7, 11) is 0. The average Bonchev–Trinajstić information content (AvgIpc) is 2.72. The van der Waals surface area contributed by atoms with Gasteiger partial charge in [-0.15, -0.1) is 0 Å². The molecule has 6 nitrogen and oxygen atoms in total. The summed E-state index contributed by atoms with van der Waals surface area (Å²) in [5.41, 5.74) is -0.160. The maximum Gasteiger partial charge on any atom is 0.417 e. The van der Waals surface area contributed by atoms with Gasteiger partial charge < -0.3 is 14.7 Å². The topological polar surface area (TPSA) is 65.9 Å². The highest BCUT2D eigenvalue weighted by Gasteiger charge is 2.31. The van der Waals surface area contributed by atoms with Crippen molar-refractivity contribution in [1.29, 1.82) is 0 Å². The van der Waals surface area contributed by atoms with E-state index in [0.29, 0.717) is 49.9 Å². The Labute approximate surface area is 172 Å². The summed E-state index contributed by atoms with van der Waals surface area (Å²) in [6, 6.07) is 9.17. The van der Waals surface area contributed by atoms with Crippen LogP contribution in [0.15, 0.2) is 42.6 Å². The maximum absolute atomic E-state index is 12.6. The van der Waals surface area contributed by atoms with E-state index >= 15 is 0 Å². The summed E-state index contributed by atoms with van der Waals surface area (Å²) in [6.45, 7) is 4.59. The molecule has 30 heavy (non-hydrogen) atoms. The molecule has 1 fully saturated rings. The van der Waals surface area contributed by atoms with E-state index in [1.54, 1.807) is 24.3 Å². The van der Waals surface area contributed by atoms with E-state index in [-0.39, 0.29) is 12.4 Å². The number of benzene rings is 1. The van der Waals surface area contributed by atoms with Gasteiger partial charge in [0.1, 0.15) is 24.3 Å². The number of piperazine rings is 1. The van der Waals surface area contributed by atoms with Gasteiger partial charge in [0.25, 0.3) is 0 Å². The number of carbonyl (C=O) groups excluding carboxylic acids is 1. The highest BCUT2D eigenvalue weighted by molar-refractivity contribution is 5.94. The number of anilines is 1. The molecule has 9 heteroatoms. The molecule has 0 aliphatic carbocycles. The van der Waals surface area contributed by atoms with Gasteiger partial charge in [0.2, 0.25) is 0 Å². The molecule has 1 aromatic carbocycles. The summed E-state index contributed by atoms with van der Waals surface area (Å²) in [6.07, 6.45) is -4.22. The summed E-state index contributed by atoms with van der Waals surface area (Å²) < 4.78 is 43.5. The van der Waals surface area contributed by atoms with Gasteiger partial charge in [0, 0.05) is 44.5 Å². The number of aliphatic hydroxyl groups is 1. The zero-order valence-electron chi connectivity index (χ0n) is 16.6. The predicted octanol–water partition coefficient (Wildman–Crippen LogP) is 2.86. The zero-order valence-corrected chi connectivity index (χ0v) is 16.6. The Balaban J connectivity index is 1.42. The molecule has 3 rings (SSSR count). The van der Waals surface area contributed by atoms with Gasteiger partial charge in [0.05, 0.1) is 5.56 Å². The SMILES string of the molecule is CC(=O)c1ccc(OC[C@@H](O)CN2CCN(c3ccc(C(F)(F)F)cn3)CC2)cc1. The van der Waals surface area contributed by atoms with Gasteiger partial charge in [-0.1, -0.05) is 0 Å². The van der Waals surface area contributed by atoms with Crippen LogP contribution in [0.5, 0.6) is 5.75 Å². The second-order valence-electron chi connectivity index (χ2n) is 7.24. The molecule has 1 aromatic heterocycles. The lowest BCUT2D eigenvalue weighted by molar-refractivity contribution is -0.137. The number of halogens is 3. The third kappa shape index (κ3) is 5.93. The number of alkyl halides is 3. The van der Waals surface area contributed by atoms with E-state index in [2.05, 4.69) is 9.88 Å². The lowest BCUT2D eigenvalue weighted by Gasteiger charge is -2.36. The zero-order chi connectivity index (χ0) is 21.7. The number of hydrogen-bond acceptors (Lipinski definition) is 6. The van der Waals surface area contributed by atoms with Crippen molar-refractivity contribution in [3.8, 4) is 5.75 Å². The summed E-state index contributed by atoms with van der Waals surface area (Å²) in [5, 5.41) is 10.2. The Hall–Kier alpha value is -2.65. The molecule has 0 amide bonds. The standard InChI is InChI=1S/C21H24F3N3O3/c1-15(28)16-2-5-19(6-3-16)30-14-18(29)13-26-8-10-27(11-9-26)20-7-4-17(12-25-20)21(22,23)24/h2-7,12,18,29H,8-11,13-14H2,1H3/t18-/m0/s1. The van der Waals surface area contributed by atoms with Crippen molar-refractivity contribution >= 4 is 11.6 Å². The smallest absolute Gasteiger partial charge is 0.417 e. The van der Waals surface area contributed by atoms with E-state index in [0.717, 1.165) is 12.3 Å². The molecule has 1 aliphatic rings. The second-order valence-corrected chi connectivity index (χ2v) is 7.24. The molecule has 2 aromatic rings. The average molecular weight is 423 g/mol. The highest BCUT2D eigenvalue weighted by atomic mass is 19.4. The van der Waals surface area contributed by atoms with Crippen LogP contribution in [0, 0.1) is 0 Å². The number of β-amino-alcohol motifs (C(OH)–C–C–N with tert-alkyl or cyclic N) is 1. The molecule has 2 heterocycles. The fourth-order valence-electron chi connectivity index (χ4n) is 3.23. The molecule has 0 bridgehead atoms. The highest BCUT2D eigenvalue weighted by Crippen LogP contribution is 2.29. The minimum atomic E-state index is -4.39. The van der Waals surface area contributed by atoms with Crippen LogP contribution in [0.3, 0.4) is 0 Å². The van der Waals surface area contributed by atoms with Crippen LogP contribution in [0.4, 0.5) is 19.0 Å². The number of nitrogens with zero attached hydrogens (tertiary/aromatic N) is 3. The van der Waals surface area contributed by atoms with Gasteiger partial charge in [-0.05, 0) is 43.3 Å². The van der Waals surface area contributed by atoms with Gasteiger partial charge in [0.15, 0.2) is 5.78 Å². The van der Waals surface area contributed by atoms with Gasteiger partial charge >= 0.3 is 6.18 Å². The molecular formula is C21H24F3N3O3. The molecule has 0 unspecified atom stereocenters. The lowest BCUT2D eigenvalue weighted by atomic mass is 10.1. The Morgan fingerprint density at radius 1 is 1.13 bits per heavy atom. The fraction of sp³-hybridized carbons (Fsp3) is 0.429. The molecule has 1 saturated heterocycles. The normalized spacial score (nSPS) is 16.4. The van der Waals surface area contributed by atoms with E-state index in [1.807, 2.05) is 4.90 Å². The third-order valence-electron chi connectivity index (χ3n) is 4.94. The third-order valence-corrected chi connectivity index (χ3v) is 4.94. The van der Waals surface area contributed by atoms with Gasteiger partial charge in [-0.3, -0.25) is 9.69 Å². The molecule has 1 aliphatic heterocycles. The van der Waals surface area contributed by atoms with Crippen LogP contribution in [-0.4, -0.2) is 66.2 Å². The number of hydrogen-bond donors (Lipinski definition) is 1. The molecule has 1 N–H and O–H groups in total. The maximum atomic E-state index is 12.6. The van der Waals surface area contributed by atoms with Crippen molar-refractivity contribution in [2.24, 2.45) is 0 Å². The Kier molecular flexibility index (Phi) is 6.94. The first-order valence-electron chi connectivity index (χ1n) is 9.65. The number of rotatable bonds is 7. The number of Topliss-reactive ketones (excluding diaryl/α,β-unsaturated/α-hetero) is 1. The molecular weight excluding hydrogens is 399 g/mol. The molecule has 0 radical (unpaired) electrons. The van der Waals surface area contributed by atoms with Crippen LogP contribution in [0.1, 0.15) is 22.8 Å². The summed E-state index contributed by atoms with van der Waals surface area (Å²) in [5.74, 6) is 1.07. The first-order chi connectivity index (χ1) is 14.2. The monoisotopic (exact) mass is 423 g/mol. The number of ether oxygens (including phenoxy) is 1. The number of aromatic nitrogens is 1. The van der Waals surface area contributed by atoms with Crippen molar-refractivity contribution < 1.29 is 27.8 Å². The number of pyridine rings is 1. The van der Waals surface area contributed by atoms with Crippen LogP contribution < -0.4 is 9.64 Å². The fourth-order valence-corrected chi connectivity index (χ4v) is 3.23. The lowest BCUT2D eigenvalue weighted by Crippen LogP contribution is -2.49. The molecule has 0 spiro atoms. The Morgan fingerprint density at radius 2 is 1.80 bits per heavy atom. The van der Waals surface area contributed by atoms with Crippen LogP contribution in [0.25, 0.3) is 0 Å². The van der Waals surface area contributed by atoms with Crippen LogP contribution in [-0.2, 0) is 6.18 Å². The van der Waals surface area contributed by atoms with Crippen molar-refractivity contribution in [3.63, 3.8) is 0 Å². The minimum Gasteiger partial charge on any atom is -0.491 e. The molecule has 1 atom stereocenters. The van der Waals surface area contributed by atoms with Crippen LogP contribution in [0.2, 0.25) is 0 Å². The summed E-state index contributed by atoms with van der Waals surface area (Å²) >= 11 is 0. The minimum absolute atomic E-state index is 0.0211. The number of carbonyl (C=O) groups is 1. The first-order valence-corrected chi connectivity index (χ1v) is 9.65. The quantitative estimate of drug-likeness (QED) is 0.691. The second kappa shape index (κ2) is 9.44. The van der Waals surface area contributed by atoms with Crippen molar-refractivity contribution in [2.45, 2.75) is 19.2 Å². The Bertz CT molecular complexity index is 833.